The van der Waals surface area contributed by atoms with E-state index in [4.69, 9.17) is 0 Å². The van der Waals surface area contributed by atoms with Gasteiger partial charge in [0.05, 0.1) is 12.1 Å². The normalized spacial score (nSPS) is 13.9. The summed E-state index contributed by atoms with van der Waals surface area (Å²) in [6, 6.07) is 25.0. The first-order chi connectivity index (χ1) is 14.0. The minimum absolute atomic E-state index is 0.243. The van der Waals surface area contributed by atoms with Crippen LogP contribution in [0.1, 0.15) is 22.3 Å². The predicted octanol–water partition coefficient (Wildman–Crippen LogP) is 4.70. The molecule has 4 heteroatoms. The molecule has 4 rings (SSSR count). The molecule has 0 bridgehead atoms. The van der Waals surface area contributed by atoms with Gasteiger partial charge in [-0.25, -0.2) is 0 Å². The topological polar surface area (TPSA) is 49.4 Å². The van der Waals surface area contributed by atoms with Crippen LogP contribution in [0.5, 0.6) is 0 Å². The maximum atomic E-state index is 13.3. The number of aryl methyl sites for hydroxylation is 2. The third kappa shape index (κ3) is 3.69. The van der Waals surface area contributed by atoms with Crippen molar-refractivity contribution in [2.24, 2.45) is 0 Å². The van der Waals surface area contributed by atoms with Gasteiger partial charge in [0.25, 0.3) is 11.8 Å². The molecule has 144 valence electrons. The first-order valence-electron chi connectivity index (χ1n) is 9.58. The van der Waals surface area contributed by atoms with Gasteiger partial charge in [0, 0.05) is 5.69 Å². The molecule has 0 aromatic heterocycles. The maximum Gasteiger partial charge on any atom is 0.278 e. The molecule has 4 nitrogen and oxygen atoms in total. The molecule has 0 spiro atoms. The second-order valence-corrected chi connectivity index (χ2v) is 7.24. The number of hydrogen-bond donors (Lipinski definition) is 1. The van der Waals surface area contributed by atoms with Crippen LogP contribution in [0.15, 0.2) is 84.6 Å². The van der Waals surface area contributed by atoms with E-state index in [-0.39, 0.29) is 18.4 Å². The first kappa shape index (κ1) is 18.7. The second-order valence-electron chi connectivity index (χ2n) is 7.24. The number of nitrogens with zero attached hydrogens (tertiary/aromatic N) is 1. The summed E-state index contributed by atoms with van der Waals surface area (Å²) in [5.74, 6) is -0.587. The van der Waals surface area contributed by atoms with E-state index in [9.17, 15) is 9.59 Å². The van der Waals surface area contributed by atoms with Gasteiger partial charge in [-0.05, 0) is 36.6 Å². The van der Waals surface area contributed by atoms with E-state index in [1.807, 2.05) is 92.7 Å². The van der Waals surface area contributed by atoms with Crippen molar-refractivity contribution in [3.63, 3.8) is 0 Å². The van der Waals surface area contributed by atoms with Crippen molar-refractivity contribution < 1.29 is 9.59 Å². The Morgan fingerprint density at radius 2 is 1.41 bits per heavy atom. The Morgan fingerprint density at radius 1 is 0.759 bits per heavy atom. The summed E-state index contributed by atoms with van der Waals surface area (Å²) >= 11 is 0. The third-order valence-electron chi connectivity index (χ3n) is 5.10. The molecule has 29 heavy (non-hydrogen) atoms. The van der Waals surface area contributed by atoms with E-state index in [1.54, 1.807) is 0 Å². The molecule has 1 N–H and O–H groups in total. The van der Waals surface area contributed by atoms with E-state index < -0.39 is 0 Å². The largest absolute Gasteiger partial charge is 0.350 e. The Morgan fingerprint density at radius 3 is 2.10 bits per heavy atom. The van der Waals surface area contributed by atoms with Gasteiger partial charge in [-0.15, -0.1) is 0 Å². The number of benzene rings is 3. The van der Waals surface area contributed by atoms with E-state index in [2.05, 4.69) is 5.32 Å². The van der Waals surface area contributed by atoms with Gasteiger partial charge in [0.2, 0.25) is 0 Å². The zero-order valence-corrected chi connectivity index (χ0v) is 16.5. The standard InChI is InChI=1S/C25H22N2O2/c1-17-12-14-20(15-13-17)22-23(26-21-11-7-6-8-18(21)2)25(29)27(24(22)28)16-19-9-4-3-5-10-19/h3-15,26H,16H2,1-2H3. The van der Waals surface area contributed by atoms with Gasteiger partial charge in [0.1, 0.15) is 5.70 Å². The van der Waals surface area contributed by atoms with Crippen molar-refractivity contribution in [2.75, 3.05) is 5.32 Å². The van der Waals surface area contributed by atoms with Crippen LogP contribution in [0.4, 0.5) is 5.69 Å². The molecule has 0 fully saturated rings. The molecule has 1 aliphatic heterocycles. The zero-order chi connectivity index (χ0) is 20.4. The molecule has 3 aromatic rings. The number of hydrogen-bond acceptors (Lipinski definition) is 3. The lowest BCUT2D eigenvalue weighted by atomic mass is 10.0. The van der Waals surface area contributed by atoms with Gasteiger partial charge < -0.3 is 5.32 Å². The molecular weight excluding hydrogens is 360 g/mol. The van der Waals surface area contributed by atoms with Crippen molar-refractivity contribution in [3.05, 3.63) is 107 Å². The van der Waals surface area contributed by atoms with E-state index in [0.29, 0.717) is 11.3 Å². The molecule has 0 saturated heterocycles. The SMILES string of the molecule is Cc1ccc(C2=C(Nc3ccccc3C)C(=O)N(Cc3ccccc3)C2=O)cc1. The molecule has 0 atom stereocenters. The fourth-order valence-corrected chi connectivity index (χ4v) is 3.44. The summed E-state index contributed by atoms with van der Waals surface area (Å²) < 4.78 is 0. The number of carbonyl (C=O) groups excluding carboxylic acids is 2. The molecule has 3 aromatic carbocycles. The monoisotopic (exact) mass is 382 g/mol. The van der Waals surface area contributed by atoms with Crippen molar-refractivity contribution in [2.45, 2.75) is 20.4 Å². The zero-order valence-electron chi connectivity index (χ0n) is 16.5. The number of anilines is 1. The molecule has 0 radical (unpaired) electrons. The molecule has 1 aliphatic rings. The van der Waals surface area contributed by atoms with Gasteiger partial charge in [0.15, 0.2) is 0 Å². The van der Waals surface area contributed by atoms with Gasteiger partial charge in [-0.1, -0.05) is 78.4 Å². The van der Waals surface area contributed by atoms with Crippen molar-refractivity contribution in [3.8, 4) is 0 Å². The lowest BCUT2D eigenvalue weighted by molar-refractivity contribution is -0.137. The second kappa shape index (κ2) is 7.76. The Bertz CT molecular complexity index is 1100. The fourth-order valence-electron chi connectivity index (χ4n) is 3.44. The Hall–Kier alpha value is -3.66. The smallest absolute Gasteiger partial charge is 0.278 e. The highest BCUT2D eigenvalue weighted by atomic mass is 16.2. The van der Waals surface area contributed by atoms with E-state index in [0.717, 1.165) is 27.9 Å². The van der Waals surface area contributed by atoms with Gasteiger partial charge in [-0.2, -0.15) is 0 Å². The summed E-state index contributed by atoms with van der Waals surface area (Å²) in [6.07, 6.45) is 0. The number of amides is 2. The molecule has 0 saturated carbocycles. The number of rotatable bonds is 5. The summed E-state index contributed by atoms with van der Waals surface area (Å²) in [4.78, 5) is 27.9. The minimum atomic E-state index is -0.308. The molecule has 2 amide bonds. The summed E-state index contributed by atoms with van der Waals surface area (Å²) in [5.41, 5.74) is 5.30. The Balaban J connectivity index is 1.76. The molecular formula is C25H22N2O2. The highest BCUT2D eigenvalue weighted by Gasteiger charge is 2.39. The highest BCUT2D eigenvalue weighted by Crippen LogP contribution is 2.32. The molecule has 0 aliphatic carbocycles. The number of imide groups is 1. The average Bonchev–Trinajstić information content (AvgIpc) is 2.95. The average molecular weight is 382 g/mol. The van der Waals surface area contributed by atoms with Crippen LogP contribution in [-0.2, 0) is 16.1 Å². The van der Waals surface area contributed by atoms with Crippen LogP contribution >= 0.6 is 0 Å². The van der Waals surface area contributed by atoms with Crippen LogP contribution in [0.25, 0.3) is 5.57 Å². The summed E-state index contributed by atoms with van der Waals surface area (Å²) in [7, 11) is 0. The molecule has 1 heterocycles. The molecule has 0 unspecified atom stereocenters. The Labute approximate surface area is 170 Å². The van der Waals surface area contributed by atoms with Crippen LogP contribution in [0, 0.1) is 13.8 Å². The van der Waals surface area contributed by atoms with E-state index in [1.165, 1.54) is 4.90 Å². The maximum absolute atomic E-state index is 13.3. The summed E-state index contributed by atoms with van der Waals surface area (Å²) in [5, 5.41) is 3.24. The third-order valence-corrected chi connectivity index (χ3v) is 5.10. The quantitative estimate of drug-likeness (QED) is 0.651. The van der Waals surface area contributed by atoms with Crippen molar-refractivity contribution in [1.29, 1.82) is 0 Å². The minimum Gasteiger partial charge on any atom is -0.350 e. The van der Waals surface area contributed by atoms with Crippen molar-refractivity contribution in [1.82, 2.24) is 4.90 Å². The van der Waals surface area contributed by atoms with Crippen LogP contribution < -0.4 is 5.32 Å². The van der Waals surface area contributed by atoms with E-state index >= 15 is 0 Å². The van der Waals surface area contributed by atoms with Crippen LogP contribution in [-0.4, -0.2) is 16.7 Å². The highest BCUT2D eigenvalue weighted by molar-refractivity contribution is 6.36. The first-order valence-corrected chi connectivity index (χ1v) is 9.58. The fraction of sp³-hybridized carbons (Fsp3) is 0.120. The lowest BCUT2D eigenvalue weighted by Crippen LogP contribution is -2.32. The van der Waals surface area contributed by atoms with Gasteiger partial charge >= 0.3 is 0 Å². The van der Waals surface area contributed by atoms with Crippen molar-refractivity contribution >= 4 is 23.1 Å². The summed E-state index contributed by atoms with van der Waals surface area (Å²) in [6.45, 7) is 4.21. The van der Waals surface area contributed by atoms with Gasteiger partial charge in [-0.3, -0.25) is 14.5 Å². The predicted molar refractivity (Wildman–Crippen MR) is 115 cm³/mol. The number of carbonyl (C=O) groups is 2. The van der Waals surface area contributed by atoms with Crippen LogP contribution in [0.3, 0.4) is 0 Å². The van der Waals surface area contributed by atoms with Crippen LogP contribution in [0.2, 0.25) is 0 Å². The Kier molecular flexibility index (Phi) is 5.00. The number of para-hydroxylation sites is 1. The number of nitrogens with one attached hydrogen (secondary N) is 1. The lowest BCUT2D eigenvalue weighted by Gasteiger charge is -2.15.